The summed E-state index contributed by atoms with van der Waals surface area (Å²) in [5.41, 5.74) is 0.316. The Kier molecular flexibility index (Phi) is 3.35. The van der Waals surface area contributed by atoms with Crippen molar-refractivity contribution in [1.29, 1.82) is 0 Å². The normalized spacial score (nSPS) is 13.9. The first-order valence-corrected chi connectivity index (χ1v) is 6.83. The van der Waals surface area contributed by atoms with Crippen LogP contribution in [0.1, 0.15) is 18.1 Å². The van der Waals surface area contributed by atoms with E-state index in [1.165, 1.54) is 0 Å². The van der Waals surface area contributed by atoms with Crippen molar-refractivity contribution in [2.24, 2.45) is 0 Å². The SMILES string of the molecule is COc1ccccc1C(C)(O)c1cncc2ccccc12. The van der Waals surface area contributed by atoms with Crippen molar-refractivity contribution >= 4 is 10.8 Å². The Morgan fingerprint density at radius 2 is 1.67 bits per heavy atom. The second-order valence-electron chi connectivity index (χ2n) is 5.18. The summed E-state index contributed by atoms with van der Waals surface area (Å²) in [4.78, 5) is 4.26. The number of ether oxygens (including phenoxy) is 1. The van der Waals surface area contributed by atoms with Crippen molar-refractivity contribution in [2.75, 3.05) is 7.11 Å². The molecule has 0 aliphatic heterocycles. The van der Waals surface area contributed by atoms with E-state index in [9.17, 15) is 5.11 Å². The fourth-order valence-electron chi connectivity index (χ4n) is 2.70. The molecule has 1 heterocycles. The maximum Gasteiger partial charge on any atom is 0.125 e. The number of rotatable bonds is 3. The van der Waals surface area contributed by atoms with Crippen LogP contribution in [0.3, 0.4) is 0 Å². The Morgan fingerprint density at radius 1 is 0.952 bits per heavy atom. The molecule has 0 fully saturated rings. The lowest BCUT2D eigenvalue weighted by molar-refractivity contribution is 0.100. The average Bonchev–Trinajstić information content (AvgIpc) is 2.54. The van der Waals surface area contributed by atoms with Crippen molar-refractivity contribution in [1.82, 2.24) is 4.98 Å². The van der Waals surface area contributed by atoms with Crippen LogP contribution in [0.15, 0.2) is 60.9 Å². The van der Waals surface area contributed by atoms with Crippen LogP contribution >= 0.6 is 0 Å². The first-order valence-electron chi connectivity index (χ1n) is 6.83. The van der Waals surface area contributed by atoms with Crippen LogP contribution in [0.4, 0.5) is 0 Å². The lowest BCUT2D eigenvalue weighted by Gasteiger charge is -2.27. The molecule has 0 bridgehead atoms. The molecule has 0 aliphatic rings. The van der Waals surface area contributed by atoms with E-state index in [2.05, 4.69) is 4.98 Å². The van der Waals surface area contributed by atoms with Crippen LogP contribution in [0, 0.1) is 0 Å². The number of hydrogen-bond donors (Lipinski definition) is 1. The first kappa shape index (κ1) is 13.6. The predicted octanol–water partition coefficient (Wildman–Crippen LogP) is 3.50. The molecule has 0 aliphatic carbocycles. The third kappa shape index (κ3) is 2.26. The molecule has 3 rings (SSSR count). The Hall–Kier alpha value is -2.39. The summed E-state index contributed by atoms with van der Waals surface area (Å²) in [5, 5.41) is 13.1. The summed E-state index contributed by atoms with van der Waals surface area (Å²) < 4.78 is 5.38. The summed E-state index contributed by atoms with van der Waals surface area (Å²) >= 11 is 0. The molecule has 0 amide bonds. The topological polar surface area (TPSA) is 42.4 Å². The first-order chi connectivity index (χ1) is 10.1. The maximum absolute atomic E-state index is 11.1. The van der Waals surface area contributed by atoms with Gasteiger partial charge in [0.1, 0.15) is 11.4 Å². The summed E-state index contributed by atoms with van der Waals surface area (Å²) in [6, 6.07) is 15.4. The Morgan fingerprint density at radius 3 is 2.48 bits per heavy atom. The molecule has 2 aromatic carbocycles. The molecule has 0 spiro atoms. The van der Waals surface area contributed by atoms with Gasteiger partial charge >= 0.3 is 0 Å². The molecule has 1 N–H and O–H groups in total. The largest absolute Gasteiger partial charge is 0.496 e. The number of methoxy groups -OCH3 is 1. The van der Waals surface area contributed by atoms with Gasteiger partial charge < -0.3 is 9.84 Å². The van der Waals surface area contributed by atoms with E-state index < -0.39 is 5.60 Å². The third-order valence-electron chi connectivity index (χ3n) is 3.82. The van der Waals surface area contributed by atoms with Crippen LogP contribution in [0.5, 0.6) is 5.75 Å². The van der Waals surface area contributed by atoms with Gasteiger partial charge in [-0.3, -0.25) is 4.98 Å². The molecule has 21 heavy (non-hydrogen) atoms. The molecule has 1 aromatic heterocycles. The summed E-state index contributed by atoms with van der Waals surface area (Å²) in [7, 11) is 1.61. The minimum Gasteiger partial charge on any atom is -0.496 e. The number of fused-ring (bicyclic) bond motifs is 1. The van der Waals surface area contributed by atoms with Crippen molar-refractivity contribution in [2.45, 2.75) is 12.5 Å². The van der Waals surface area contributed by atoms with Crippen LogP contribution in [0.2, 0.25) is 0 Å². The number of aromatic nitrogens is 1. The maximum atomic E-state index is 11.1. The van der Waals surface area contributed by atoms with E-state index in [4.69, 9.17) is 4.74 Å². The van der Waals surface area contributed by atoms with E-state index in [1.807, 2.05) is 48.5 Å². The Balaban J connectivity index is 2.25. The van der Waals surface area contributed by atoms with E-state index in [0.29, 0.717) is 5.75 Å². The second-order valence-corrected chi connectivity index (χ2v) is 5.18. The number of hydrogen-bond acceptors (Lipinski definition) is 3. The molecule has 1 atom stereocenters. The lowest BCUT2D eigenvalue weighted by atomic mass is 9.86. The number of benzene rings is 2. The number of nitrogens with zero attached hydrogens (tertiary/aromatic N) is 1. The van der Waals surface area contributed by atoms with Gasteiger partial charge in [-0.2, -0.15) is 0 Å². The highest BCUT2D eigenvalue weighted by molar-refractivity contribution is 5.86. The third-order valence-corrected chi connectivity index (χ3v) is 3.82. The van der Waals surface area contributed by atoms with Crippen molar-refractivity contribution < 1.29 is 9.84 Å². The van der Waals surface area contributed by atoms with Gasteiger partial charge in [0.25, 0.3) is 0 Å². The molecule has 1 unspecified atom stereocenters. The Bertz CT molecular complexity index is 776. The van der Waals surface area contributed by atoms with Gasteiger partial charge in [0.2, 0.25) is 0 Å². The molecule has 3 aromatic rings. The zero-order valence-corrected chi connectivity index (χ0v) is 12.1. The molecule has 0 saturated carbocycles. The van der Waals surface area contributed by atoms with E-state index in [1.54, 1.807) is 26.4 Å². The van der Waals surface area contributed by atoms with Gasteiger partial charge in [-0.1, -0.05) is 42.5 Å². The van der Waals surface area contributed by atoms with Crippen molar-refractivity contribution in [3.05, 3.63) is 72.1 Å². The summed E-state index contributed by atoms with van der Waals surface area (Å²) in [6.45, 7) is 1.77. The standard InChI is InChI=1S/C18H17NO2/c1-18(20,15-9-5-6-10-17(15)21-2)16-12-19-11-13-7-3-4-8-14(13)16/h3-12,20H,1-2H3. The Labute approximate surface area is 123 Å². The minimum atomic E-state index is -1.18. The zero-order chi connectivity index (χ0) is 14.9. The fourth-order valence-corrected chi connectivity index (χ4v) is 2.70. The molecular weight excluding hydrogens is 262 g/mol. The van der Waals surface area contributed by atoms with Gasteiger partial charge in [0.15, 0.2) is 0 Å². The number of aliphatic hydroxyl groups is 1. The van der Waals surface area contributed by atoms with Gasteiger partial charge in [-0.05, 0) is 18.4 Å². The second kappa shape index (κ2) is 5.19. The summed E-state index contributed by atoms with van der Waals surface area (Å²) in [5.74, 6) is 0.662. The molecular formula is C18H17NO2. The number of pyridine rings is 1. The van der Waals surface area contributed by atoms with Crippen LogP contribution < -0.4 is 4.74 Å². The molecule has 3 heteroatoms. The molecule has 106 valence electrons. The van der Waals surface area contributed by atoms with Gasteiger partial charge in [-0.15, -0.1) is 0 Å². The summed E-state index contributed by atoms with van der Waals surface area (Å²) in [6.07, 6.45) is 3.52. The average molecular weight is 279 g/mol. The van der Waals surface area contributed by atoms with Crippen LogP contribution in [-0.2, 0) is 5.60 Å². The zero-order valence-electron chi connectivity index (χ0n) is 12.1. The molecule has 0 saturated heterocycles. The van der Waals surface area contributed by atoms with Gasteiger partial charge in [0, 0.05) is 28.9 Å². The van der Waals surface area contributed by atoms with E-state index >= 15 is 0 Å². The van der Waals surface area contributed by atoms with E-state index in [0.717, 1.165) is 21.9 Å². The van der Waals surface area contributed by atoms with Crippen molar-refractivity contribution in [3.8, 4) is 5.75 Å². The number of para-hydroxylation sites is 1. The smallest absolute Gasteiger partial charge is 0.125 e. The highest BCUT2D eigenvalue weighted by atomic mass is 16.5. The fraction of sp³-hybridized carbons (Fsp3) is 0.167. The van der Waals surface area contributed by atoms with Gasteiger partial charge in [0.05, 0.1) is 7.11 Å². The molecule has 3 nitrogen and oxygen atoms in total. The van der Waals surface area contributed by atoms with Gasteiger partial charge in [-0.25, -0.2) is 0 Å². The lowest BCUT2D eigenvalue weighted by Crippen LogP contribution is -2.24. The van der Waals surface area contributed by atoms with Crippen LogP contribution in [0.25, 0.3) is 10.8 Å². The highest BCUT2D eigenvalue weighted by Gasteiger charge is 2.30. The van der Waals surface area contributed by atoms with Crippen molar-refractivity contribution in [3.63, 3.8) is 0 Å². The van der Waals surface area contributed by atoms with E-state index in [-0.39, 0.29) is 0 Å². The highest BCUT2D eigenvalue weighted by Crippen LogP contribution is 2.37. The predicted molar refractivity (Wildman–Crippen MR) is 83.4 cm³/mol. The monoisotopic (exact) mass is 279 g/mol. The van der Waals surface area contributed by atoms with Crippen LogP contribution in [-0.4, -0.2) is 17.2 Å². The minimum absolute atomic E-state index is 0.662. The quantitative estimate of drug-likeness (QED) is 0.798. The molecule has 0 radical (unpaired) electrons.